The number of aliphatic hydroxyl groups is 3. The van der Waals surface area contributed by atoms with E-state index in [1.54, 1.807) is 0 Å². The lowest BCUT2D eigenvalue weighted by molar-refractivity contribution is -0.297. The molecule has 12 nitrogen and oxygen atoms in total. The fraction of sp³-hybridized carbons (Fsp3) is 0.882. The molecule has 0 aromatic rings. The topological polar surface area (TPSA) is 186 Å². The Hall–Kier alpha value is -1.87. The molecule has 0 spiro atoms. The zero-order chi connectivity index (χ0) is 46.9. The summed E-state index contributed by atoms with van der Waals surface area (Å²) < 4.78 is 54.2. The van der Waals surface area contributed by atoms with Crippen molar-refractivity contribution >= 4 is 22.1 Å². The summed E-state index contributed by atoms with van der Waals surface area (Å²) in [5.41, 5.74) is 0. The first kappa shape index (κ1) is 60.1. The Morgan fingerprint density at radius 1 is 0.516 bits per heavy atom. The van der Waals surface area contributed by atoms with Crippen LogP contribution in [-0.2, 0) is 38.7 Å². The molecule has 1 rings (SSSR count). The van der Waals surface area contributed by atoms with Gasteiger partial charge in [0, 0.05) is 12.8 Å². The van der Waals surface area contributed by atoms with E-state index < -0.39 is 71.2 Å². The summed E-state index contributed by atoms with van der Waals surface area (Å²) >= 11 is 0. The van der Waals surface area contributed by atoms with E-state index in [2.05, 4.69) is 38.2 Å². The van der Waals surface area contributed by atoms with E-state index >= 15 is 0 Å². The number of carbonyl (C=O) groups is 2. The van der Waals surface area contributed by atoms with Gasteiger partial charge in [-0.15, -0.1) is 0 Å². The van der Waals surface area contributed by atoms with Crippen molar-refractivity contribution in [2.75, 3.05) is 19.0 Å². The molecule has 1 aliphatic rings. The van der Waals surface area contributed by atoms with Crippen LogP contribution >= 0.6 is 0 Å². The quantitative estimate of drug-likeness (QED) is 0.0196. The van der Waals surface area contributed by atoms with Crippen LogP contribution in [0.2, 0.25) is 0 Å². The molecule has 0 aromatic carbocycles. The Balaban J connectivity index is 2.37. The van der Waals surface area contributed by atoms with Crippen molar-refractivity contribution in [1.82, 2.24) is 0 Å². The number of carbonyl (C=O) groups excluding carboxylic acids is 2. The van der Waals surface area contributed by atoms with E-state index in [1.165, 1.54) is 148 Å². The van der Waals surface area contributed by atoms with Gasteiger partial charge in [0.05, 0.1) is 6.61 Å². The predicted octanol–water partition coefficient (Wildman–Crippen LogP) is 11.6. The normalized spacial score (nSPS) is 19.8. The van der Waals surface area contributed by atoms with Gasteiger partial charge >= 0.3 is 11.9 Å². The van der Waals surface area contributed by atoms with E-state index in [4.69, 9.17) is 18.9 Å². The van der Waals surface area contributed by atoms with Crippen molar-refractivity contribution in [3.05, 3.63) is 24.3 Å². The first-order valence-corrected chi connectivity index (χ1v) is 27.5. The van der Waals surface area contributed by atoms with Crippen LogP contribution in [0.25, 0.3) is 0 Å². The number of rotatable bonds is 44. The number of hydrogen-bond acceptors (Lipinski definition) is 11. The van der Waals surface area contributed by atoms with Gasteiger partial charge in [-0.1, -0.05) is 179 Å². The standard InChI is InChI=1S/C51H94O12S/c1-3-5-7-9-11-13-15-17-19-20-21-22-23-24-26-28-30-32-34-36-38-40-47(53)62-44(42-61-51-50(56)49(55)48(54)45(63-51)43-64(57,58)59)41-60-46(52)39-37-35-33-31-29-27-25-18-16-14-12-10-8-6-4-2/h17,19,27,29,44-45,48-51,54-56H,3-16,18,20-26,28,30-43H2,1-2H3,(H,57,58,59)/b19-17+,29-27+/t44-,45-,48-,49?,50?,51+/m1/s1. The smallest absolute Gasteiger partial charge is 0.306 e. The van der Waals surface area contributed by atoms with E-state index in [0.29, 0.717) is 12.8 Å². The lowest BCUT2D eigenvalue weighted by atomic mass is 10.00. The third-order valence-electron chi connectivity index (χ3n) is 12.0. The fourth-order valence-corrected chi connectivity index (χ4v) is 8.65. The molecule has 13 heteroatoms. The predicted molar refractivity (Wildman–Crippen MR) is 256 cm³/mol. The molecule has 0 amide bonds. The van der Waals surface area contributed by atoms with Crippen LogP contribution in [0, 0.1) is 0 Å². The maximum atomic E-state index is 12.9. The molecule has 0 aliphatic carbocycles. The minimum atomic E-state index is -4.60. The first-order chi connectivity index (χ1) is 31.0. The van der Waals surface area contributed by atoms with Gasteiger partial charge in [-0.3, -0.25) is 14.1 Å². The summed E-state index contributed by atoms with van der Waals surface area (Å²) in [7, 11) is -4.60. The van der Waals surface area contributed by atoms with Crippen LogP contribution in [0.3, 0.4) is 0 Å². The second-order valence-electron chi connectivity index (χ2n) is 18.2. The molecule has 6 atom stereocenters. The van der Waals surface area contributed by atoms with Gasteiger partial charge in [0.2, 0.25) is 0 Å². The molecule has 1 heterocycles. The van der Waals surface area contributed by atoms with Gasteiger partial charge in [0.1, 0.15) is 36.8 Å². The van der Waals surface area contributed by atoms with Crippen LogP contribution in [0.1, 0.15) is 232 Å². The molecule has 2 unspecified atom stereocenters. The largest absolute Gasteiger partial charge is 0.462 e. The molecule has 0 aromatic heterocycles. The van der Waals surface area contributed by atoms with Crippen LogP contribution < -0.4 is 0 Å². The third kappa shape index (κ3) is 35.3. The molecule has 1 fully saturated rings. The Morgan fingerprint density at radius 2 is 0.891 bits per heavy atom. The Bertz CT molecular complexity index is 1270. The SMILES string of the molecule is CCCCCCCC/C=C/CCCCCCCCCCCCCC(=O)O[C@H](COC(=O)CCCCC/C=C/CCCCCCCCCC)CO[C@H]1O[C@H](CS(=O)(=O)O)[C@@H](O)C(O)C1O. The highest BCUT2D eigenvalue weighted by atomic mass is 32.2. The van der Waals surface area contributed by atoms with Gasteiger partial charge in [-0.2, -0.15) is 8.42 Å². The van der Waals surface area contributed by atoms with Crippen molar-refractivity contribution in [3.63, 3.8) is 0 Å². The van der Waals surface area contributed by atoms with Gasteiger partial charge in [0.15, 0.2) is 12.4 Å². The summed E-state index contributed by atoms with van der Waals surface area (Å²) in [6.07, 6.45) is 37.9. The number of allylic oxidation sites excluding steroid dienone is 4. The van der Waals surface area contributed by atoms with Crippen molar-refractivity contribution in [3.8, 4) is 0 Å². The van der Waals surface area contributed by atoms with Crippen molar-refractivity contribution in [2.24, 2.45) is 0 Å². The lowest BCUT2D eigenvalue weighted by Crippen LogP contribution is -2.60. The second-order valence-corrected chi connectivity index (χ2v) is 19.7. The zero-order valence-electron chi connectivity index (χ0n) is 40.4. The van der Waals surface area contributed by atoms with Gasteiger partial charge in [0.25, 0.3) is 10.1 Å². The number of esters is 2. The van der Waals surface area contributed by atoms with Crippen molar-refractivity contribution in [2.45, 2.75) is 269 Å². The van der Waals surface area contributed by atoms with Crippen LogP contribution in [0.5, 0.6) is 0 Å². The summed E-state index contributed by atoms with van der Waals surface area (Å²) in [4.78, 5) is 25.5. The molecule has 1 aliphatic heterocycles. The molecule has 4 N–H and O–H groups in total. The van der Waals surface area contributed by atoms with Crippen LogP contribution in [-0.4, -0.2) is 96.0 Å². The molecule has 0 radical (unpaired) electrons. The summed E-state index contributed by atoms with van der Waals surface area (Å²) in [6.45, 7) is 3.77. The van der Waals surface area contributed by atoms with E-state index in [0.717, 1.165) is 44.9 Å². The molecule has 376 valence electrons. The van der Waals surface area contributed by atoms with E-state index in [1.807, 2.05) is 0 Å². The summed E-state index contributed by atoms with van der Waals surface area (Å²) in [5.74, 6) is -1.99. The highest BCUT2D eigenvalue weighted by Gasteiger charge is 2.46. The molecule has 64 heavy (non-hydrogen) atoms. The van der Waals surface area contributed by atoms with Gasteiger partial charge in [-0.05, 0) is 64.2 Å². The molecular weight excluding hydrogens is 837 g/mol. The lowest BCUT2D eigenvalue weighted by Gasteiger charge is -2.40. The van der Waals surface area contributed by atoms with Crippen molar-refractivity contribution < 1.29 is 56.8 Å². The monoisotopic (exact) mass is 931 g/mol. The van der Waals surface area contributed by atoms with Crippen molar-refractivity contribution in [1.29, 1.82) is 0 Å². The van der Waals surface area contributed by atoms with Gasteiger partial charge in [-0.25, -0.2) is 0 Å². The minimum absolute atomic E-state index is 0.163. The van der Waals surface area contributed by atoms with E-state index in [9.17, 15) is 37.9 Å². The first-order valence-electron chi connectivity index (χ1n) is 25.9. The molecule has 0 bridgehead atoms. The van der Waals surface area contributed by atoms with E-state index in [-0.39, 0.29) is 19.4 Å². The highest BCUT2D eigenvalue weighted by Crippen LogP contribution is 2.24. The number of hydrogen-bond donors (Lipinski definition) is 4. The highest BCUT2D eigenvalue weighted by molar-refractivity contribution is 7.85. The van der Waals surface area contributed by atoms with Crippen LogP contribution in [0.4, 0.5) is 0 Å². The average molecular weight is 931 g/mol. The van der Waals surface area contributed by atoms with Gasteiger partial charge < -0.3 is 34.3 Å². The molecule has 1 saturated heterocycles. The zero-order valence-corrected chi connectivity index (χ0v) is 41.2. The maximum absolute atomic E-state index is 12.9. The third-order valence-corrected chi connectivity index (χ3v) is 12.8. The Kier molecular flexibility index (Phi) is 38.8. The Morgan fingerprint density at radius 3 is 1.31 bits per heavy atom. The average Bonchev–Trinajstić information content (AvgIpc) is 3.26. The summed E-state index contributed by atoms with van der Waals surface area (Å²) in [6, 6.07) is 0. The Labute approximate surface area is 389 Å². The number of unbranched alkanes of at least 4 members (excludes halogenated alkanes) is 28. The maximum Gasteiger partial charge on any atom is 0.306 e. The minimum Gasteiger partial charge on any atom is -0.462 e. The second kappa shape index (κ2) is 41.3. The fourth-order valence-electron chi connectivity index (χ4n) is 7.96. The molecular formula is C51H94O12S. The summed E-state index contributed by atoms with van der Waals surface area (Å²) in [5, 5.41) is 31.0. The molecule has 0 saturated carbocycles. The number of ether oxygens (including phenoxy) is 4. The number of aliphatic hydroxyl groups excluding tert-OH is 3. The van der Waals surface area contributed by atoms with Crippen LogP contribution in [0.15, 0.2) is 24.3 Å².